The molecule has 2 heterocycles. The van der Waals surface area contributed by atoms with Crippen molar-refractivity contribution in [1.29, 1.82) is 0 Å². The first-order chi connectivity index (χ1) is 14.6. The van der Waals surface area contributed by atoms with Gasteiger partial charge in [-0.25, -0.2) is 4.98 Å². The van der Waals surface area contributed by atoms with Crippen LogP contribution in [0.4, 0.5) is 5.13 Å². The van der Waals surface area contributed by atoms with Gasteiger partial charge in [-0.15, -0.1) is 0 Å². The van der Waals surface area contributed by atoms with Gasteiger partial charge in [0.1, 0.15) is 0 Å². The number of carbonyl (C=O) groups is 1. The SMILES string of the molecule is COc1ccccc1OCC(=O)Nc1nc2ccc(CN3CCC(C)CC3)cc2s1. The average Bonchev–Trinajstić information content (AvgIpc) is 3.15. The highest BCUT2D eigenvalue weighted by atomic mass is 32.1. The summed E-state index contributed by atoms with van der Waals surface area (Å²) in [6.07, 6.45) is 2.55. The molecule has 6 nitrogen and oxygen atoms in total. The molecule has 1 aromatic heterocycles. The number of fused-ring (bicyclic) bond motifs is 1. The molecule has 1 aliphatic rings. The summed E-state index contributed by atoms with van der Waals surface area (Å²) in [5, 5.41) is 3.42. The molecule has 0 spiro atoms. The molecule has 1 aliphatic heterocycles. The zero-order valence-electron chi connectivity index (χ0n) is 17.4. The highest BCUT2D eigenvalue weighted by Gasteiger charge is 2.16. The molecule has 3 aromatic rings. The molecule has 0 radical (unpaired) electrons. The molecule has 0 saturated carbocycles. The van der Waals surface area contributed by atoms with Gasteiger partial charge in [0.15, 0.2) is 23.2 Å². The maximum Gasteiger partial charge on any atom is 0.264 e. The summed E-state index contributed by atoms with van der Waals surface area (Å²) in [7, 11) is 1.57. The first kappa shape index (κ1) is 20.6. The van der Waals surface area contributed by atoms with Gasteiger partial charge < -0.3 is 9.47 Å². The summed E-state index contributed by atoms with van der Waals surface area (Å²) < 4.78 is 11.9. The number of benzene rings is 2. The van der Waals surface area contributed by atoms with Crippen molar-refractivity contribution in [3.63, 3.8) is 0 Å². The molecular formula is C23H27N3O3S. The number of para-hydroxylation sites is 2. The van der Waals surface area contributed by atoms with Gasteiger partial charge in [0.05, 0.1) is 17.3 Å². The Balaban J connectivity index is 1.35. The molecule has 4 rings (SSSR count). The lowest BCUT2D eigenvalue weighted by Gasteiger charge is -2.30. The van der Waals surface area contributed by atoms with Gasteiger partial charge >= 0.3 is 0 Å². The van der Waals surface area contributed by atoms with Crippen molar-refractivity contribution in [2.45, 2.75) is 26.3 Å². The second-order valence-corrected chi connectivity index (χ2v) is 8.80. The zero-order chi connectivity index (χ0) is 20.9. The van der Waals surface area contributed by atoms with Crippen molar-refractivity contribution < 1.29 is 14.3 Å². The Labute approximate surface area is 180 Å². The fraction of sp³-hybridized carbons (Fsp3) is 0.391. The predicted octanol–water partition coefficient (Wildman–Crippen LogP) is 4.55. The lowest BCUT2D eigenvalue weighted by Crippen LogP contribution is -2.32. The molecule has 1 fully saturated rings. The van der Waals surface area contributed by atoms with E-state index in [1.54, 1.807) is 19.2 Å². The van der Waals surface area contributed by atoms with E-state index in [1.165, 1.54) is 29.7 Å². The molecule has 1 saturated heterocycles. The van der Waals surface area contributed by atoms with Crippen LogP contribution in [0, 0.1) is 5.92 Å². The monoisotopic (exact) mass is 425 g/mol. The van der Waals surface area contributed by atoms with Crippen LogP contribution in [0.25, 0.3) is 10.2 Å². The number of carbonyl (C=O) groups excluding carboxylic acids is 1. The number of piperidine rings is 1. The fourth-order valence-corrected chi connectivity index (χ4v) is 4.58. The van der Waals surface area contributed by atoms with E-state index < -0.39 is 0 Å². The summed E-state index contributed by atoms with van der Waals surface area (Å²) in [6.45, 7) is 5.52. The molecule has 1 N–H and O–H groups in total. The van der Waals surface area contributed by atoms with Crippen molar-refractivity contribution >= 4 is 32.6 Å². The van der Waals surface area contributed by atoms with E-state index in [4.69, 9.17) is 9.47 Å². The quantitative estimate of drug-likeness (QED) is 0.601. The van der Waals surface area contributed by atoms with Gasteiger partial charge in [-0.05, 0) is 61.7 Å². The second kappa shape index (κ2) is 9.45. The van der Waals surface area contributed by atoms with Gasteiger partial charge in [0.25, 0.3) is 5.91 Å². The maximum absolute atomic E-state index is 12.3. The number of nitrogens with one attached hydrogen (secondary N) is 1. The molecule has 7 heteroatoms. The molecule has 0 aliphatic carbocycles. The van der Waals surface area contributed by atoms with E-state index in [0.29, 0.717) is 16.6 Å². The van der Waals surface area contributed by atoms with Crippen molar-refractivity contribution in [3.05, 3.63) is 48.0 Å². The largest absolute Gasteiger partial charge is 0.493 e. The molecule has 0 unspecified atom stereocenters. The number of ether oxygens (including phenoxy) is 2. The Bertz CT molecular complexity index is 1010. The van der Waals surface area contributed by atoms with Crippen molar-refractivity contribution in [3.8, 4) is 11.5 Å². The van der Waals surface area contributed by atoms with Crippen LogP contribution in [0.2, 0.25) is 0 Å². The first-order valence-electron chi connectivity index (χ1n) is 10.3. The number of likely N-dealkylation sites (tertiary alicyclic amines) is 1. The maximum atomic E-state index is 12.3. The Morgan fingerprint density at radius 1 is 1.20 bits per heavy atom. The molecule has 0 atom stereocenters. The van der Waals surface area contributed by atoms with Gasteiger partial charge in [-0.3, -0.25) is 15.0 Å². The lowest BCUT2D eigenvalue weighted by molar-refractivity contribution is -0.118. The Morgan fingerprint density at radius 2 is 1.97 bits per heavy atom. The lowest BCUT2D eigenvalue weighted by atomic mass is 9.99. The predicted molar refractivity (Wildman–Crippen MR) is 120 cm³/mol. The number of thiazole rings is 1. The van der Waals surface area contributed by atoms with Crippen LogP contribution < -0.4 is 14.8 Å². The smallest absolute Gasteiger partial charge is 0.264 e. The third-order valence-electron chi connectivity index (χ3n) is 5.41. The minimum Gasteiger partial charge on any atom is -0.493 e. The first-order valence-corrected chi connectivity index (χ1v) is 11.1. The fourth-order valence-electron chi connectivity index (χ4n) is 3.64. The number of rotatable bonds is 7. The Kier molecular flexibility index (Phi) is 6.50. The van der Waals surface area contributed by atoms with Crippen LogP contribution in [0.3, 0.4) is 0 Å². The third kappa shape index (κ3) is 5.09. The van der Waals surface area contributed by atoms with Crippen LogP contribution >= 0.6 is 11.3 Å². The molecule has 2 aromatic carbocycles. The molecular weight excluding hydrogens is 398 g/mol. The number of nitrogens with zero attached hydrogens (tertiary/aromatic N) is 2. The van der Waals surface area contributed by atoms with E-state index in [9.17, 15) is 4.79 Å². The molecule has 158 valence electrons. The standard InChI is InChI=1S/C23H27N3O3S/c1-16-9-11-26(12-10-16)14-17-7-8-18-21(13-17)30-23(24-18)25-22(27)15-29-20-6-4-3-5-19(20)28-2/h3-8,13,16H,9-12,14-15H2,1-2H3,(H,24,25,27). The van der Waals surface area contributed by atoms with Crippen LogP contribution in [0.15, 0.2) is 42.5 Å². The molecule has 30 heavy (non-hydrogen) atoms. The molecule has 1 amide bonds. The molecule has 0 bridgehead atoms. The van der Waals surface area contributed by atoms with Crippen molar-refractivity contribution in [2.75, 3.05) is 32.1 Å². The van der Waals surface area contributed by atoms with Crippen LogP contribution in [-0.4, -0.2) is 42.6 Å². The topological polar surface area (TPSA) is 63.7 Å². The summed E-state index contributed by atoms with van der Waals surface area (Å²) in [6, 6.07) is 13.6. The minimum atomic E-state index is -0.248. The third-order valence-corrected chi connectivity index (χ3v) is 6.34. The van der Waals surface area contributed by atoms with Gasteiger partial charge in [-0.1, -0.05) is 36.5 Å². The number of amides is 1. The van der Waals surface area contributed by atoms with Gasteiger partial charge in [-0.2, -0.15) is 0 Å². The summed E-state index contributed by atoms with van der Waals surface area (Å²) >= 11 is 1.49. The minimum absolute atomic E-state index is 0.102. The number of aromatic nitrogens is 1. The van der Waals surface area contributed by atoms with Crippen LogP contribution in [-0.2, 0) is 11.3 Å². The second-order valence-electron chi connectivity index (χ2n) is 7.77. The number of anilines is 1. The zero-order valence-corrected chi connectivity index (χ0v) is 18.2. The summed E-state index contributed by atoms with van der Waals surface area (Å²) in [4.78, 5) is 19.3. The normalized spacial score (nSPS) is 15.3. The Hall–Kier alpha value is -2.64. The van der Waals surface area contributed by atoms with Crippen LogP contribution in [0.5, 0.6) is 11.5 Å². The summed E-state index contributed by atoms with van der Waals surface area (Å²) in [5.74, 6) is 1.73. The van der Waals surface area contributed by atoms with E-state index in [1.807, 2.05) is 18.2 Å². The van der Waals surface area contributed by atoms with E-state index in [0.717, 1.165) is 35.8 Å². The number of hydrogen-bond acceptors (Lipinski definition) is 6. The van der Waals surface area contributed by atoms with Gasteiger partial charge in [0.2, 0.25) is 0 Å². The van der Waals surface area contributed by atoms with E-state index in [-0.39, 0.29) is 12.5 Å². The van der Waals surface area contributed by atoms with Crippen LogP contribution in [0.1, 0.15) is 25.3 Å². The number of methoxy groups -OCH3 is 1. The van der Waals surface area contributed by atoms with Crippen molar-refractivity contribution in [2.24, 2.45) is 5.92 Å². The Morgan fingerprint density at radius 3 is 2.73 bits per heavy atom. The van der Waals surface area contributed by atoms with Gasteiger partial charge in [0, 0.05) is 6.54 Å². The average molecular weight is 426 g/mol. The van der Waals surface area contributed by atoms with E-state index >= 15 is 0 Å². The van der Waals surface area contributed by atoms with E-state index in [2.05, 4.69) is 34.3 Å². The highest BCUT2D eigenvalue weighted by molar-refractivity contribution is 7.22. The van der Waals surface area contributed by atoms with Crippen molar-refractivity contribution in [1.82, 2.24) is 9.88 Å². The summed E-state index contributed by atoms with van der Waals surface area (Å²) in [5.41, 5.74) is 2.19. The number of hydrogen-bond donors (Lipinski definition) is 1. The highest BCUT2D eigenvalue weighted by Crippen LogP contribution is 2.28.